The van der Waals surface area contributed by atoms with Crippen LogP contribution in [0.2, 0.25) is 0 Å². The number of rotatable bonds is 4. The normalized spacial score (nSPS) is 16.2. The maximum absolute atomic E-state index is 13.2. The molecule has 1 aliphatic rings. The Morgan fingerprint density at radius 2 is 1.86 bits per heavy atom. The molecule has 1 heterocycles. The Morgan fingerprint density at radius 1 is 1.18 bits per heavy atom. The summed E-state index contributed by atoms with van der Waals surface area (Å²) in [7, 11) is 0. The van der Waals surface area contributed by atoms with E-state index in [1.165, 1.54) is 12.1 Å². The number of nitrogens with zero attached hydrogens (tertiary/aromatic N) is 2. The molecular weight excluding hydrogens is 367 g/mol. The second kappa shape index (κ2) is 7.60. The number of anilines is 1. The second-order valence-corrected chi connectivity index (χ2v) is 8.11. The van der Waals surface area contributed by atoms with Crippen molar-refractivity contribution < 1.29 is 18.0 Å². The molecule has 0 aliphatic heterocycles. The smallest absolute Gasteiger partial charge is 0.324 e. The molecule has 4 nitrogen and oxygen atoms in total. The minimum absolute atomic E-state index is 0.0291. The Balaban J connectivity index is 1.92. The fourth-order valence-corrected chi connectivity index (χ4v) is 3.70. The van der Waals surface area contributed by atoms with Crippen LogP contribution in [0.5, 0.6) is 0 Å². The number of hydrogen-bond donors (Lipinski definition) is 1. The molecule has 28 heavy (non-hydrogen) atoms. The van der Waals surface area contributed by atoms with E-state index < -0.39 is 17.3 Å². The number of nitrogens with one attached hydrogen (secondary N) is 1. The van der Waals surface area contributed by atoms with Gasteiger partial charge in [-0.15, -0.1) is 0 Å². The summed E-state index contributed by atoms with van der Waals surface area (Å²) < 4.78 is 41.3. The minimum atomic E-state index is -4.40. The molecule has 1 amide bonds. The highest BCUT2D eigenvalue weighted by atomic mass is 19.4. The summed E-state index contributed by atoms with van der Waals surface area (Å²) in [4.78, 5) is 13.0. The third kappa shape index (κ3) is 4.23. The van der Waals surface area contributed by atoms with E-state index in [9.17, 15) is 18.0 Å². The average molecular weight is 393 g/mol. The molecule has 0 atom stereocenters. The van der Waals surface area contributed by atoms with Crippen molar-refractivity contribution in [1.29, 1.82) is 0 Å². The summed E-state index contributed by atoms with van der Waals surface area (Å²) in [6.45, 7) is 5.35. The highest BCUT2D eigenvalue weighted by Gasteiger charge is 2.34. The average Bonchev–Trinajstić information content (AvgIpc) is 3.09. The van der Waals surface area contributed by atoms with E-state index in [1.807, 2.05) is 6.92 Å². The van der Waals surface area contributed by atoms with Gasteiger partial charge in [0.2, 0.25) is 0 Å². The molecule has 1 aliphatic carbocycles. The number of hydrogen-bond acceptors (Lipinski definition) is 2. The van der Waals surface area contributed by atoms with Crippen molar-refractivity contribution in [3.63, 3.8) is 0 Å². The van der Waals surface area contributed by atoms with E-state index in [1.54, 1.807) is 30.9 Å². The standard InChI is InChI=1S/C21H26F3N3O/c1-14-12-25-27(13-14)20(2,3)19(28)26-18-10-9-16(21(22,23)24)11-17(18)15-7-5-4-6-8-15/h9-13,15H,4-8H2,1-3H3,(H,26,28). The van der Waals surface area contributed by atoms with Crippen LogP contribution in [0.25, 0.3) is 0 Å². The van der Waals surface area contributed by atoms with Crippen LogP contribution in [0, 0.1) is 6.92 Å². The number of halogens is 3. The van der Waals surface area contributed by atoms with Gasteiger partial charge in [0.15, 0.2) is 0 Å². The van der Waals surface area contributed by atoms with Crippen LogP contribution < -0.4 is 5.32 Å². The number of carbonyl (C=O) groups is 1. The molecule has 3 rings (SSSR count). The molecule has 0 spiro atoms. The molecule has 0 bridgehead atoms. The molecule has 7 heteroatoms. The first-order chi connectivity index (χ1) is 13.1. The second-order valence-electron chi connectivity index (χ2n) is 8.11. The van der Waals surface area contributed by atoms with Gasteiger partial charge < -0.3 is 5.32 Å². The lowest BCUT2D eigenvalue weighted by Gasteiger charge is -2.28. The van der Waals surface area contributed by atoms with E-state index in [0.717, 1.165) is 43.7 Å². The number of carbonyl (C=O) groups excluding carboxylic acids is 1. The summed E-state index contributed by atoms with van der Waals surface area (Å²) in [5, 5.41) is 7.08. The minimum Gasteiger partial charge on any atom is -0.324 e. The maximum Gasteiger partial charge on any atom is 0.416 e. The van der Waals surface area contributed by atoms with Crippen LogP contribution in [0.3, 0.4) is 0 Å². The van der Waals surface area contributed by atoms with Crippen LogP contribution in [-0.4, -0.2) is 15.7 Å². The molecular formula is C21H26F3N3O. The van der Waals surface area contributed by atoms with Crippen molar-refractivity contribution in [3.8, 4) is 0 Å². The Labute approximate surface area is 163 Å². The molecule has 152 valence electrons. The topological polar surface area (TPSA) is 46.9 Å². The third-order valence-electron chi connectivity index (χ3n) is 5.51. The van der Waals surface area contributed by atoms with Gasteiger partial charge in [0.1, 0.15) is 5.54 Å². The zero-order valence-electron chi connectivity index (χ0n) is 16.4. The predicted molar refractivity (Wildman–Crippen MR) is 102 cm³/mol. The number of benzene rings is 1. The van der Waals surface area contributed by atoms with Crippen molar-refractivity contribution in [2.75, 3.05) is 5.32 Å². The molecule has 1 fully saturated rings. The summed E-state index contributed by atoms with van der Waals surface area (Å²) in [6.07, 6.45) is 3.80. The van der Waals surface area contributed by atoms with Gasteiger partial charge in [-0.1, -0.05) is 19.3 Å². The first kappa shape index (κ1) is 20.4. The molecule has 1 aromatic carbocycles. The van der Waals surface area contributed by atoms with E-state index in [0.29, 0.717) is 11.3 Å². The predicted octanol–water partition coefficient (Wildman–Crippen LogP) is 5.63. The SMILES string of the molecule is Cc1cnn(C(C)(C)C(=O)Nc2ccc(C(F)(F)F)cc2C2CCCCC2)c1. The first-order valence-electron chi connectivity index (χ1n) is 9.63. The van der Waals surface area contributed by atoms with Crippen molar-refractivity contribution in [2.45, 2.75) is 70.5 Å². The van der Waals surface area contributed by atoms with Crippen molar-refractivity contribution in [3.05, 3.63) is 47.3 Å². The Bertz CT molecular complexity index is 849. The fraction of sp³-hybridized carbons (Fsp3) is 0.524. The summed E-state index contributed by atoms with van der Waals surface area (Å²) in [5.41, 5.74) is 0.323. The van der Waals surface area contributed by atoms with Gasteiger partial charge in [0.25, 0.3) is 5.91 Å². The van der Waals surface area contributed by atoms with E-state index in [4.69, 9.17) is 0 Å². The van der Waals surface area contributed by atoms with Gasteiger partial charge in [-0.3, -0.25) is 9.48 Å². The monoisotopic (exact) mass is 393 g/mol. The highest BCUT2D eigenvalue weighted by Crippen LogP contribution is 2.40. The largest absolute Gasteiger partial charge is 0.416 e. The first-order valence-corrected chi connectivity index (χ1v) is 9.63. The van der Waals surface area contributed by atoms with Crippen molar-refractivity contribution in [1.82, 2.24) is 9.78 Å². The Kier molecular flexibility index (Phi) is 5.55. The molecule has 1 N–H and O–H groups in total. The third-order valence-corrected chi connectivity index (χ3v) is 5.51. The van der Waals surface area contributed by atoms with Crippen molar-refractivity contribution in [2.24, 2.45) is 0 Å². The molecule has 0 unspecified atom stereocenters. The van der Waals surface area contributed by atoms with Crippen LogP contribution in [-0.2, 0) is 16.5 Å². The Morgan fingerprint density at radius 3 is 2.43 bits per heavy atom. The van der Waals surface area contributed by atoms with Crippen LogP contribution in [0.1, 0.15) is 68.6 Å². The van der Waals surface area contributed by atoms with Crippen LogP contribution in [0.15, 0.2) is 30.6 Å². The van der Waals surface area contributed by atoms with Gasteiger partial charge >= 0.3 is 6.18 Å². The van der Waals surface area contributed by atoms with Gasteiger partial charge in [-0.2, -0.15) is 18.3 Å². The molecule has 0 saturated heterocycles. The van der Waals surface area contributed by atoms with E-state index in [-0.39, 0.29) is 11.8 Å². The molecule has 1 saturated carbocycles. The van der Waals surface area contributed by atoms with Gasteiger partial charge in [-0.25, -0.2) is 0 Å². The van der Waals surface area contributed by atoms with E-state index >= 15 is 0 Å². The molecule has 2 aromatic rings. The van der Waals surface area contributed by atoms with E-state index in [2.05, 4.69) is 10.4 Å². The maximum atomic E-state index is 13.2. The number of alkyl halides is 3. The highest BCUT2D eigenvalue weighted by molar-refractivity contribution is 5.96. The van der Waals surface area contributed by atoms with Crippen LogP contribution >= 0.6 is 0 Å². The number of aryl methyl sites for hydroxylation is 1. The van der Waals surface area contributed by atoms with Gasteiger partial charge in [0, 0.05) is 11.9 Å². The number of amides is 1. The number of aromatic nitrogens is 2. The molecule has 1 aromatic heterocycles. The lowest BCUT2D eigenvalue weighted by atomic mass is 9.82. The van der Waals surface area contributed by atoms with Gasteiger partial charge in [-0.05, 0) is 68.9 Å². The quantitative estimate of drug-likeness (QED) is 0.732. The zero-order valence-corrected chi connectivity index (χ0v) is 16.4. The lowest BCUT2D eigenvalue weighted by Crippen LogP contribution is -2.41. The lowest BCUT2D eigenvalue weighted by molar-refractivity contribution is -0.137. The molecule has 0 radical (unpaired) electrons. The van der Waals surface area contributed by atoms with Gasteiger partial charge in [0.05, 0.1) is 11.8 Å². The Hall–Kier alpha value is -2.31. The summed E-state index contributed by atoms with van der Waals surface area (Å²) in [6, 6.07) is 3.62. The summed E-state index contributed by atoms with van der Waals surface area (Å²) >= 11 is 0. The van der Waals surface area contributed by atoms with Crippen LogP contribution in [0.4, 0.5) is 18.9 Å². The zero-order chi connectivity index (χ0) is 20.5. The summed E-state index contributed by atoms with van der Waals surface area (Å²) in [5.74, 6) is -0.283. The fourth-order valence-electron chi connectivity index (χ4n) is 3.70. The van der Waals surface area contributed by atoms with Crippen molar-refractivity contribution >= 4 is 11.6 Å².